The van der Waals surface area contributed by atoms with Crippen LogP contribution in [-0.2, 0) is 11.2 Å². The summed E-state index contributed by atoms with van der Waals surface area (Å²) in [5.74, 6) is 2.49. The molecule has 1 aliphatic carbocycles. The van der Waals surface area contributed by atoms with Crippen molar-refractivity contribution in [2.24, 2.45) is 5.92 Å². The van der Waals surface area contributed by atoms with Crippen LogP contribution in [-0.4, -0.2) is 27.6 Å². The maximum absolute atomic E-state index is 12.4. The fraction of sp³-hybridized carbons (Fsp3) is 0.429. The predicted molar refractivity (Wildman–Crippen MR) is 111 cm³/mol. The number of carbonyl (C=O) groups excluding carboxylic acids is 1. The van der Waals surface area contributed by atoms with E-state index >= 15 is 0 Å². The van der Waals surface area contributed by atoms with E-state index in [9.17, 15) is 4.79 Å². The van der Waals surface area contributed by atoms with Gasteiger partial charge in [-0.25, -0.2) is 4.98 Å². The van der Waals surface area contributed by atoms with Crippen molar-refractivity contribution in [3.63, 3.8) is 0 Å². The van der Waals surface area contributed by atoms with Crippen molar-refractivity contribution in [2.75, 3.05) is 11.9 Å². The minimum atomic E-state index is -0.165. The summed E-state index contributed by atoms with van der Waals surface area (Å²) in [6.07, 6.45) is 8.52. The fourth-order valence-electron chi connectivity index (χ4n) is 3.44. The van der Waals surface area contributed by atoms with Gasteiger partial charge in [0.1, 0.15) is 0 Å². The van der Waals surface area contributed by atoms with Gasteiger partial charge in [0.05, 0.1) is 11.5 Å². The summed E-state index contributed by atoms with van der Waals surface area (Å²) in [4.78, 5) is 21.9. The fourth-order valence-corrected chi connectivity index (χ4v) is 4.09. The summed E-state index contributed by atoms with van der Waals surface area (Å²) >= 11 is 1.55. The van der Waals surface area contributed by atoms with Crippen LogP contribution in [0.4, 0.5) is 5.82 Å². The Labute approximate surface area is 173 Å². The molecule has 3 aromatic heterocycles. The van der Waals surface area contributed by atoms with Gasteiger partial charge < -0.3 is 14.6 Å². The second kappa shape index (κ2) is 9.65. The number of rotatable bonds is 8. The molecular formula is C21H24N4O3S. The van der Waals surface area contributed by atoms with Crippen LogP contribution < -0.4 is 10.1 Å². The van der Waals surface area contributed by atoms with E-state index in [0.29, 0.717) is 42.2 Å². The molecule has 1 saturated carbocycles. The highest BCUT2D eigenvalue weighted by molar-refractivity contribution is 7.13. The minimum Gasteiger partial charge on any atom is -0.489 e. The smallest absolute Gasteiger partial charge is 0.227 e. The van der Waals surface area contributed by atoms with E-state index in [0.717, 1.165) is 4.88 Å². The number of pyridine rings is 1. The number of nitrogens with zero attached hydrogens (tertiary/aromatic N) is 3. The molecule has 0 atom stereocenters. The Morgan fingerprint density at radius 2 is 2.14 bits per heavy atom. The Kier molecular flexibility index (Phi) is 6.51. The molecule has 0 saturated heterocycles. The third kappa shape index (κ3) is 5.41. The van der Waals surface area contributed by atoms with Crippen LogP contribution in [0.2, 0.25) is 0 Å². The molecule has 0 unspecified atom stereocenters. The van der Waals surface area contributed by atoms with Gasteiger partial charge in [-0.2, -0.15) is 4.98 Å². The monoisotopic (exact) mass is 412 g/mol. The highest BCUT2D eigenvalue weighted by atomic mass is 32.1. The minimum absolute atomic E-state index is 0.165. The van der Waals surface area contributed by atoms with E-state index in [1.165, 1.54) is 32.1 Å². The first-order valence-corrected chi connectivity index (χ1v) is 10.9. The van der Waals surface area contributed by atoms with Crippen molar-refractivity contribution in [1.29, 1.82) is 0 Å². The standard InChI is InChI=1S/C21H24N4O3S/c26-18(10-11-19-24-21(25-28-19)17-9-5-13-29-17)23-20-16(8-4-12-22-20)27-14-15-6-2-1-3-7-15/h4-5,8-9,12-13,15H,1-3,6-7,10-11,14H2,(H,22,23,26). The maximum atomic E-state index is 12.4. The molecule has 1 aliphatic rings. The Morgan fingerprint density at radius 1 is 1.24 bits per heavy atom. The van der Waals surface area contributed by atoms with E-state index in [1.807, 2.05) is 29.6 Å². The zero-order chi connectivity index (χ0) is 19.9. The molecule has 0 bridgehead atoms. The molecule has 1 fully saturated rings. The highest BCUT2D eigenvalue weighted by Gasteiger charge is 2.16. The van der Waals surface area contributed by atoms with E-state index in [4.69, 9.17) is 9.26 Å². The van der Waals surface area contributed by atoms with E-state index in [1.54, 1.807) is 17.5 Å². The van der Waals surface area contributed by atoms with Gasteiger partial charge in [-0.05, 0) is 42.3 Å². The molecule has 4 rings (SSSR count). The Morgan fingerprint density at radius 3 is 2.97 bits per heavy atom. The van der Waals surface area contributed by atoms with Crippen LogP contribution in [0.1, 0.15) is 44.4 Å². The lowest BCUT2D eigenvalue weighted by atomic mass is 9.90. The zero-order valence-corrected chi connectivity index (χ0v) is 17.0. The summed E-state index contributed by atoms with van der Waals surface area (Å²) in [5.41, 5.74) is 0. The molecule has 0 aliphatic heterocycles. The largest absolute Gasteiger partial charge is 0.489 e. The molecule has 29 heavy (non-hydrogen) atoms. The van der Waals surface area contributed by atoms with Crippen LogP contribution in [0.5, 0.6) is 5.75 Å². The van der Waals surface area contributed by atoms with Crippen molar-refractivity contribution >= 4 is 23.1 Å². The summed E-state index contributed by atoms with van der Waals surface area (Å²) in [6.45, 7) is 0.669. The van der Waals surface area contributed by atoms with Crippen LogP contribution in [0.3, 0.4) is 0 Å². The van der Waals surface area contributed by atoms with Gasteiger partial charge >= 0.3 is 0 Å². The number of thiophene rings is 1. The number of carbonyl (C=O) groups is 1. The van der Waals surface area contributed by atoms with E-state index in [-0.39, 0.29) is 12.3 Å². The number of nitrogens with one attached hydrogen (secondary N) is 1. The Balaban J connectivity index is 1.29. The van der Waals surface area contributed by atoms with E-state index in [2.05, 4.69) is 20.4 Å². The van der Waals surface area contributed by atoms with Gasteiger partial charge in [0.15, 0.2) is 11.6 Å². The van der Waals surface area contributed by atoms with Gasteiger partial charge in [0.25, 0.3) is 0 Å². The van der Waals surface area contributed by atoms with Crippen molar-refractivity contribution in [3.05, 3.63) is 41.7 Å². The quantitative estimate of drug-likeness (QED) is 0.575. The third-order valence-corrected chi connectivity index (χ3v) is 5.87. The highest BCUT2D eigenvalue weighted by Crippen LogP contribution is 2.27. The summed E-state index contributed by atoms with van der Waals surface area (Å²) in [5, 5.41) is 8.76. The van der Waals surface area contributed by atoms with Crippen molar-refractivity contribution < 1.29 is 14.1 Å². The predicted octanol–water partition coefficient (Wildman–Crippen LogP) is 4.72. The topological polar surface area (TPSA) is 90.1 Å². The second-order valence-electron chi connectivity index (χ2n) is 7.20. The molecule has 8 heteroatoms. The van der Waals surface area contributed by atoms with Gasteiger partial charge in [0.2, 0.25) is 17.6 Å². The first kappa shape index (κ1) is 19.6. The molecule has 0 radical (unpaired) electrons. The molecule has 3 heterocycles. The normalized spacial score (nSPS) is 14.6. The van der Waals surface area contributed by atoms with Gasteiger partial charge in [-0.15, -0.1) is 11.3 Å². The second-order valence-corrected chi connectivity index (χ2v) is 8.15. The van der Waals surface area contributed by atoms with Crippen LogP contribution in [0.15, 0.2) is 40.4 Å². The van der Waals surface area contributed by atoms with Crippen LogP contribution in [0.25, 0.3) is 10.7 Å². The lowest BCUT2D eigenvalue weighted by Gasteiger charge is -2.22. The van der Waals surface area contributed by atoms with E-state index < -0.39 is 0 Å². The first-order valence-electron chi connectivity index (χ1n) is 10.0. The van der Waals surface area contributed by atoms with Crippen LogP contribution >= 0.6 is 11.3 Å². The number of amides is 1. The van der Waals surface area contributed by atoms with Crippen molar-refractivity contribution in [1.82, 2.24) is 15.1 Å². The number of ether oxygens (including phenoxy) is 1. The average Bonchev–Trinajstić information content (AvgIpc) is 3.44. The van der Waals surface area contributed by atoms with Crippen molar-refractivity contribution in [3.8, 4) is 16.5 Å². The molecule has 1 amide bonds. The molecule has 0 aromatic carbocycles. The third-order valence-electron chi connectivity index (χ3n) is 5.00. The number of aryl methyl sites for hydroxylation is 1. The number of hydrogen-bond acceptors (Lipinski definition) is 7. The molecule has 1 N–H and O–H groups in total. The summed E-state index contributed by atoms with van der Waals surface area (Å²) in [7, 11) is 0. The van der Waals surface area contributed by atoms with Gasteiger partial charge in [0, 0.05) is 19.0 Å². The van der Waals surface area contributed by atoms with Crippen molar-refractivity contribution in [2.45, 2.75) is 44.9 Å². The summed E-state index contributed by atoms with van der Waals surface area (Å²) in [6, 6.07) is 7.53. The molecule has 3 aromatic rings. The molecule has 7 nitrogen and oxygen atoms in total. The Hall–Kier alpha value is -2.74. The Bertz CT molecular complexity index is 920. The van der Waals surface area contributed by atoms with Gasteiger partial charge in [-0.1, -0.05) is 30.5 Å². The van der Waals surface area contributed by atoms with Gasteiger partial charge in [-0.3, -0.25) is 4.79 Å². The lowest BCUT2D eigenvalue weighted by Crippen LogP contribution is -2.18. The zero-order valence-electron chi connectivity index (χ0n) is 16.2. The molecule has 0 spiro atoms. The number of aromatic nitrogens is 3. The molecule has 152 valence electrons. The number of hydrogen-bond donors (Lipinski definition) is 1. The summed E-state index contributed by atoms with van der Waals surface area (Å²) < 4.78 is 11.2. The SMILES string of the molecule is O=C(CCc1nc(-c2cccs2)no1)Nc1ncccc1OCC1CCCCC1. The lowest BCUT2D eigenvalue weighted by molar-refractivity contribution is -0.116. The number of anilines is 1. The molecular weight excluding hydrogens is 388 g/mol. The maximum Gasteiger partial charge on any atom is 0.227 e. The van der Waals surface area contributed by atoms with Crippen LogP contribution in [0, 0.1) is 5.92 Å². The first-order chi connectivity index (χ1) is 14.3. The average molecular weight is 413 g/mol.